The van der Waals surface area contributed by atoms with Crippen molar-refractivity contribution in [1.82, 2.24) is 10.2 Å². The van der Waals surface area contributed by atoms with Crippen LogP contribution in [-0.2, 0) is 0 Å². The first-order chi connectivity index (χ1) is 7.49. The van der Waals surface area contributed by atoms with Crippen molar-refractivity contribution in [2.75, 3.05) is 19.6 Å². The summed E-state index contributed by atoms with van der Waals surface area (Å²) in [6, 6.07) is 1.33. The van der Waals surface area contributed by atoms with Crippen molar-refractivity contribution < 1.29 is 0 Å². The molecule has 2 nitrogen and oxygen atoms in total. The highest BCUT2D eigenvalue weighted by Crippen LogP contribution is 2.34. The molecule has 0 amide bonds. The van der Waals surface area contributed by atoms with E-state index in [2.05, 4.69) is 44.8 Å². The van der Waals surface area contributed by atoms with Gasteiger partial charge in [0.05, 0.1) is 0 Å². The summed E-state index contributed by atoms with van der Waals surface area (Å²) in [6.07, 6.45) is 4.04. The molecule has 1 N–H and O–H groups in total. The van der Waals surface area contributed by atoms with Gasteiger partial charge in [-0.2, -0.15) is 0 Å². The fraction of sp³-hybridized carbons (Fsp3) is 1.00. The van der Waals surface area contributed by atoms with Gasteiger partial charge < -0.3 is 10.2 Å². The molecule has 96 valence electrons. The van der Waals surface area contributed by atoms with Crippen molar-refractivity contribution >= 4 is 0 Å². The van der Waals surface area contributed by atoms with Gasteiger partial charge in [0.2, 0.25) is 0 Å². The van der Waals surface area contributed by atoms with Gasteiger partial charge in [-0.05, 0) is 51.6 Å². The van der Waals surface area contributed by atoms with Gasteiger partial charge in [-0.25, -0.2) is 0 Å². The predicted molar refractivity (Wildman–Crippen MR) is 71.8 cm³/mol. The van der Waals surface area contributed by atoms with Crippen LogP contribution in [0.25, 0.3) is 0 Å². The van der Waals surface area contributed by atoms with Gasteiger partial charge in [0, 0.05) is 18.6 Å². The van der Waals surface area contributed by atoms with Crippen molar-refractivity contribution in [2.45, 2.75) is 66.0 Å². The number of nitrogens with one attached hydrogen (secondary N) is 1. The lowest BCUT2D eigenvalue weighted by Crippen LogP contribution is -2.47. The van der Waals surface area contributed by atoms with E-state index in [4.69, 9.17) is 0 Å². The molecular weight excluding hydrogens is 196 g/mol. The molecule has 1 aliphatic rings. The van der Waals surface area contributed by atoms with Crippen molar-refractivity contribution in [3.8, 4) is 0 Å². The van der Waals surface area contributed by atoms with E-state index < -0.39 is 0 Å². The Hall–Kier alpha value is -0.0800. The maximum Gasteiger partial charge on any atom is 0.00385 e. The van der Waals surface area contributed by atoms with Crippen LogP contribution >= 0.6 is 0 Å². The van der Waals surface area contributed by atoms with Crippen LogP contribution in [0.5, 0.6) is 0 Å². The number of rotatable bonds is 5. The Kier molecular flexibility index (Phi) is 5.26. The molecule has 1 fully saturated rings. The summed E-state index contributed by atoms with van der Waals surface area (Å²) >= 11 is 0. The molecule has 16 heavy (non-hydrogen) atoms. The highest BCUT2D eigenvalue weighted by molar-refractivity contribution is 4.88. The summed E-state index contributed by atoms with van der Waals surface area (Å²) in [4.78, 5) is 2.61. The van der Waals surface area contributed by atoms with Crippen LogP contribution in [0.4, 0.5) is 0 Å². The van der Waals surface area contributed by atoms with Crippen molar-refractivity contribution in [3.05, 3.63) is 0 Å². The largest absolute Gasteiger partial charge is 0.314 e. The topological polar surface area (TPSA) is 15.3 Å². The normalized spacial score (nSPS) is 21.9. The van der Waals surface area contributed by atoms with E-state index in [1.807, 2.05) is 0 Å². The number of nitrogens with zero attached hydrogens (tertiary/aromatic N) is 1. The minimum atomic E-state index is 0.565. The zero-order valence-electron chi connectivity index (χ0n) is 11.8. The average Bonchev–Trinajstić information content (AvgIpc) is 2.27. The van der Waals surface area contributed by atoms with Crippen molar-refractivity contribution in [1.29, 1.82) is 0 Å². The second-order valence-corrected chi connectivity index (χ2v) is 6.02. The zero-order chi connectivity index (χ0) is 12.2. The molecule has 0 spiro atoms. The molecule has 0 unspecified atom stereocenters. The van der Waals surface area contributed by atoms with Gasteiger partial charge in [0.25, 0.3) is 0 Å². The molecule has 0 aliphatic carbocycles. The molecule has 0 radical (unpaired) electrons. The second kappa shape index (κ2) is 6.02. The first kappa shape index (κ1) is 14.0. The highest BCUT2D eigenvalue weighted by Gasteiger charge is 2.33. The minimum absolute atomic E-state index is 0.565. The van der Waals surface area contributed by atoms with Crippen LogP contribution in [0.3, 0.4) is 0 Å². The van der Waals surface area contributed by atoms with Gasteiger partial charge in [-0.3, -0.25) is 0 Å². The fourth-order valence-electron chi connectivity index (χ4n) is 2.59. The monoisotopic (exact) mass is 226 g/mol. The van der Waals surface area contributed by atoms with E-state index in [-0.39, 0.29) is 0 Å². The smallest absolute Gasteiger partial charge is 0.00385 e. The van der Waals surface area contributed by atoms with E-state index in [0.717, 1.165) is 0 Å². The fourth-order valence-corrected chi connectivity index (χ4v) is 2.59. The van der Waals surface area contributed by atoms with Crippen molar-refractivity contribution in [3.63, 3.8) is 0 Å². The number of likely N-dealkylation sites (tertiary alicyclic amines) is 1. The molecule has 0 aromatic heterocycles. The molecule has 0 aromatic carbocycles. The Morgan fingerprint density at radius 3 is 2.06 bits per heavy atom. The Morgan fingerprint density at radius 2 is 1.69 bits per heavy atom. The summed E-state index contributed by atoms with van der Waals surface area (Å²) < 4.78 is 0. The summed E-state index contributed by atoms with van der Waals surface area (Å²) in [5.74, 6) is 0. The molecule has 1 rings (SSSR count). The van der Waals surface area contributed by atoms with Crippen LogP contribution in [0.2, 0.25) is 0 Å². The molecule has 0 atom stereocenters. The van der Waals surface area contributed by atoms with Gasteiger partial charge in [0.15, 0.2) is 0 Å². The first-order valence-corrected chi connectivity index (χ1v) is 6.96. The van der Waals surface area contributed by atoms with E-state index in [9.17, 15) is 0 Å². The zero-order valence-corrected chi connectivity index (χ0v) is 11.8. The van der Waals surface area contributed by atoms with Crippen LogP contribution in [0, 0.1) is 5.41 Å². The second-order valence-electron chi connectivity index (χ2n) is 6.02. The Bertz CT molecular complexity index is 191. The minimum Gasteiger partial charge on any atom is -0.314 e. The summed E-state index contributed by atoms with van der Waals surface area (Å²) in [5, 5.41) is 3.63. The van der Waals surface area contributed by atoms with E-state index >= 15 is 0 Å². The van der Waals surface area contributed by atoms with Gasteiger partial charge in [-0.1, -0.05) is 20.8 Å². The quantitative estimate of drug-likeness (QED) is 0.775. The lowest BCUT2D eigenvalue weighted by atomic mass is 9.75. The lowest BCUT2D eigenvalue weighted by Gasteiger charge is -2.43. The lowest BCUT2D eigenvalue weighted by molar-refractivity contribution is 0.0770. The summed E-state index contributed by atoms with van der Waals surface area (Å²) in [6.45, 7) is 15.2. The van der Waals surface area contributed by atoms with E-state index in [1.165, 1.54) is 38.9 Å². The molecule has 1 saturated heterocycles. The number of hydrogen-bond acceptors (Lipinski definition) is 2. The molecule has 0 aromatic rings. The van der Waals surface area contributed by atoms with E-state index in [0.29, 0.717) is 17.5 Å². The van der Waals surface area contributed by atoms with Crippen LogP contribution in [-0.4, -0.2) is 36.6 Å². The molecule has 2 heteroatoms. The first-order valence-electron chi connectivity index (χ1n) is 6.96. The Balaban J connectivity index is 2.45. The average molecular weight is 226 g/mol. The maximum absolute atomic E-state index is 3.63. The van der Waals surface area contributed by atoms with Gasteiger partial charge in [0.1, 0.15) is 0 Å². The number of piperidine rings is 1. The molecular formula is C14H30N2. The van der Waals surface area contributed by atoms with Crippen LogP contribution in [0.1, 0.15) is 53.9 Å². The maximum atomic E-state index is 3.63. The third-order valence-corrected chi connectivity index (χ3v) is 4.22. The third kappa shape index (κ3) is 3.74. The predicted octanol–water partition coefficient (Wildman–Crippen LogP) is 2.89. The Morgan fingerprint density at radius 1 is 1.12 bits per heavy atom. The summed E-state index contributed by atoms with van der Waals surface area (Å²) in [5.41, 5.74) is 0.565. The standard InChI is InChI=1S/C14H30N2/c1-6-14(11-15-12(2)3)7-9-16(10-8-14)13(4)5/h12-13,15H,6-11H2,1-5H3. The van der Waals surface area contributed by atoms with Crippen molar-refractivity contribution in [2.24, 2.45) is 5.41 Å². The number of hydrogen-bond donors (Lipinski definition) is 1. The molecule has 0 bridgehead atoms. The van der Waals surface area contributed by atoms with E-state index in [1.54, 1.807) is 0 Å². The van der Waals surface area contributed by atoms with Gasteiger partial charge >= 0.3 is 0 Å². The van der Waals surface area contributed by atoms with Gasteiger partial charge in [-0.15, -0.1) is 0 Å². The molecule has 1 heterocycles. The highest BCUT2D eigenvalue weighted by atomic mass is 15.2. The molecule has 1 aliphatic heterocycles. The van der Waals surface area contributed by atoms with Crippen LogP contribution in [0.15, 0.2) is 0 Å². The Labute approximate surface area is 102 Å². The van der Waals surface area contributed by atoms with Crippen LogP contribution < -0.4 is 5.32 Å². The third-order valence-electron chi connectivity index (χ3n) is 4.22. The SMILES string of the molecule is CCC1(CNC(C)C)CCN(C(C)C)CC1. The molecule has 0 saturated carbocycles. The summed E-state index contributed by atoms with van der Waals surface area (Å²) in [7, 11) is 0.